The molecule has 0 saturated heterocycles. The number of rotatable bonds is 5. The van der Waals surface area contributed by atoms with E-state index < -0.39 is 0 Å². The van der Waals surface area contributed by atoms with E-state index in [2.05, 4.69) is 11.7 Å². The Labute approximate surface area is 102 Å². The number of hydrogen-bond acceptors (Lipinski definition) is 3. The van der Waals surface area contributed by atoms with Crippen LogP contribution in [-0.4, -0.2) is 19.2 Å². The van der Waals surface area contributed by atoms with Crippen LogP contribution in [0.4, 0.5) is 0 Å². The topological polar surface area (TPSA) is 35.5 Å². The van der Waals surface area contributed by atoms with Crippen LogP contribution in [0.15, 0.2) is 30.3 Å². The minimum atomic E-state index is -0.363. The molecule has 3 heteroatoms. The highest BCUT2D eigenvalue weighted by Gasteiger charge is 2.01. The molecule has 1 unspecified atom stereocenters. The molecule has 0 heterocycles. The summed E-state index contributed by atoms with van der Waals surface area (Å²) in [6, 6.07) is 7.60. The Morgan fingerprint density at radius 1 is 1.47 bits per heavy atom. The van der Waals surface area contributed by atoms with Gasteiger partial charge in [-0.2, -0.15) is 0 Å². The normalized spacial score (nSPS) is 12.4. The molecule has 0 spiro atoms. The highest BCUT2D eigenvalue weighted by Crippen LogP contribution is 2.16. The van der Waals surface area contributed by atoms with Gasteiger partial charge in [-0.25, -0.2) is 4.79 Å². The van der Waals surface area contributed by atoms with Crippen LogP contribution in [0.5, 0.6) is 5.75 Å². The van der Waals surface area contributed by atoms with E-state index in [9.17, 15) is 4.79 Å². The minimum Gasteiger partial charge on any atom is -0.491 e. The first-order chi connectivity index (χ1) is 8.15. The van der Waals surface area contributed by atoms with E-state index in [0.717, 1.165) is 17.7 Å². The summed E-state index contributed by atoms with van der Waals surface area (Å²) in [6.07, 6.45) is 4.25. The lowest BCUT2D eigenvalue weighted by Gasteiger charge is -2.12. The zero-order chi connectivity index (χ0) is 12.7. The number of ether oxygens (including phenoxy) is 2. The SMILES string of the molecule is CCC(C)Oc1cccc(/C=C/C(=O)OC)c1. The molecule has 1 atom stereocenters. The zero-order valence-electron chi connectivity index (χ0n) is 10.5. The first-order valence-electron chi connectivity index (χ1n) is 5.68. The van der Waals surface area contributed by atoms with Crippen molar-refractivity contribution in [2.45, 2.75) is 26.4 Å². The second-order valence-electron chi connectivity index (χ2n) is 3.77. The van der Waals surface area contributed by atoms with Gasteiger partial charge in [0.1, 0.15) is 5.75 Å². The Bertz CT molecular complexity index is 396. The Morgan fingerprint density at radius 3 is 2.88 bits per heavy atom. The molecular weight excluding hydrogens is 216 g/mol. The summed E-state index contributed by atoms with van der Waals surface area (Å²) in [5.74, 6) is 0.449. The maximum absolute atomic E-state index is 11.0. The van der Waals surface area contributed by atoms with Crippen molar-refractivity contribution in [1.82, 2.24) is 0 Å². The molecule has 0 saturated carbocycles. The lowest BCUT2D eigenvalue weighted by molar-refractivity contribution is -0.134. The van der Waals surface area contributed by atoms with Crippen LogP contribution in [0.25, 0.3) is 6.08 Å². The number of carbonyl (C=O) groups is 1. The van der Waals surface area contributed by atoms with Gasteiger partial charge in [0.25, 0.3) is 0 Å². The predicted molar refractivity (Wildman–Crippen MR) is 67.9 cm³/mol. The highest BCUT2D eigenvalue weighted by atomic mass is 16.5. The van der Waals surface area contributed by atoms with Crippen molar-refractivity contribution in [3.8, 4) is 5.75 Å². The Hall–Kier alpha value is -1.77. The number of carbonyl (C=O) groups excluding carboxylic acids is 1. The zero-order valence-corrected chi connectivity index (χ0v) is 10.5. The second-order valence-corrected chi connectivity index (χ2v) is 3.77. The summed E-state index contributed by atoms with van der Waals surface area (Å²) in [6.45, 7) is 4.10. The summed E-state index contributed by atoms with van der Waals surface area (Å²) in [5.41, 5.74) is 0.913. The van der Waals surface area contributed by atoms with Crippen molar-refractivity contribution < 1.29 is 14.3 Å². The number of esters is 1. The van der Waals surface area contributed by atoms with Crippen LogP contribution in [0.1, 0.15) is 25.8 Å². The molecule has 0 aliphatic rings. The van der Waals surface area contributed by atoms with Gasteiger partial charge in [0.15, 0.2) is 0 Å². The first kappa shape index (κ1) is 13.3. The number of hydrogen-bond donors (Lipinski definition) is 0. The van der Waals surface area contributed by atoms with Crippen molar-refractivity contribution in [1.29, 1.82) is 0 Å². The maximum Gasteiger partial charge on any atom is 0.330 e. The van der Waals surface area contributed by atoms with Gasteiger partial charge in [0.2, 0.25) is 0 Å². The summed E-state index contributed by atoms with van der Waals surface area (Å²) >= 11 is 0. The summed E-state index contributed by atoms with van der Waals surface area (Å²) in [7, 11) is 1.36. The van der Waals surface area contributed by atoms with Crippen LogP contribution in [-0.2, 0) is 9.53 Å². The van der Waals surface area contributed by atoms with E-state index in [1.165, 1.54) is 13.2 Å². The van der Waals surface area contributed by atoms with Crippen molar-refractivity contribution in [2.24, 2.45) is 0 Å². The Morgan fingerprint density at radius 2 is 2.24 bits per heavy atom. The van der Waals surface area contributed by atoms with E-state index >= 15 is 0 Å². The third-order valence-corrected chi connectivity index (χ3v) is 2.38. The molecule has 0 radical (unpaired) electrons. The van der Waals surface area contributed by atoms with Crippen molar-refractivity contribution in [3.05, 3.63) is 35.9 Å². The van der Waals surface area contributed by atoms with Gasteiger partial charge in [-0.1, -0.05) is 19.1 Å². The molecule has 17 heavy (non-hydrogen) atoms. The van der Waals surface area contributed by atoms with Gasteiger partial charge in [0, 0.05) is 6.08 Å². The summed E-state index contributed by atoms with van der Waals surface area (Å²) in [5, 5.41) is 0. The van der Waals surface area contributed by atoms with Crippen molar-refractivity contribution in [2.75, 3.05) is 7.11 Å². The average molecular weight is 234 g/mol. The fourth-order valence-electron chi connectivity index (χ4n) is 1.24. The molecule has 1 aromatic carbocycles. The third-order valence-electron chi connectivity index (χ3n) is 2.38. The van der Waals surface area contributed by atoms with Gasteiger partial charge < -0.3 is 9.47 Å². The second kappa shape index (κ2) is 6.74. The summed E-state index contributed by atoms with van der Waals surface area (Å²) in [4.78, 5) is 11.0. The van der Waals surface area contributed by atoms with E-state index in [-0.39, 0.29) is 12.1 Å². The minimum absolute atomic E-state index is 0.190. The largest absolute Gasteiger partial charge is 0.491 e. The number of benzene rings is 1. The van der Waals surface area contributed by atoms with Crippen LogP contribution in [0.2, 0.25) is 0 Å². The first-order valence-corrected chi connectivity index (χ1v) is 5.68. The lowest BCUT2D eigenvalue weighted by Crippen LogP contribution is -2.09. The van der Waals surface area contributed by atoms with Gasteiger partial charge in [-0.15, -0.1) is 0 Å². The van der Waals surface area contributed by atoms with Crippen molar-refractivity contribution >= 4 is 12.0 Å². The van der Waals surface area contributed by atoms with E-state index in [1.807, 2.05) is 31.2 Å². The number of methoxy groups -OCH3 is 1. The molecule has 1 aromatic rings. The summed E-state index contributed by atoms with van der Waals surface area (Å²) < 4.78 is 10.2. The lowest BCUT2D eigenvalue weighted by atomic mass is 10.2. The standard InChI is InChI=1S/C14H18O3/c1-4-11(2)17-13-7-5-6-12(10-13)8-9-14(15)16-3/h5-11H,4H2,1-3H3/b9-8+. The average Bonchev–Trinajstić information content (AvgIpc) is 2.36. The van der Waals surface area contributed by atoms with Crippen LogP contribution >= 0.6 is 0 Å². The van der Waals surface area contributed by atoms with Gasteiger partial charge >= 0.3 is 5.97 Å². The highest BCUT2D eigenvalue weighted by molar-refractivity contribution is 5.86. The maximum atomic E-state index is 11.0. The third kappa shape index (κ3) is 4.72. The smallest absolute Gasteiger partial charge is 0.330 e. The Balaban J connectivity index is 2.72. The Kier molecular flexibility index (Phi) is 5.27. The van der Waals surface area contributed by atoms with Crippen LogP contribution in [0.3, 0.4) is 0 Å². The molecule has 0 aliphatic heterocycles. The van der Waals surface area contributed by atoms with Crippen LogP contribution < -0.4 is 4.74 Å². The van der Waals surface area contributed by atoms with Crippen molar-refractivity contribution in [3.63, 3.8) is 0 Å². The molecule has 0 aliphatic carbocycles. The van der Waals surface area contributed by atoms with Gasteiger partial charge in [-0.05, 0) is 37.1 Å². The molecule has 0 fully saturated rings. The van der Waals surface area contributed by atoms with E-state index in [4.69, 9.17) is 4.74 Å². The molecule has 3 nitrogen and oxygen atoms in total. The fraction of sp³-hybridized carbons (Fsp3) is 0.357. The monoisotopic (exact) mass is 234 g/mol. The van der Waals surface area contributed by atoms with Gasteiger partial charge in [-0.3, -0.25) is 0 Å². The molecule has 0 amide bonds. The molecule has 92 valence electrons. The predicted octanol–water partition coefficient (Wildman–Crippen LogP) is 3.05. The van der Waals surface area contributed by atoms with Gasteiger partial charge in [0.05, 0.1) is 13.2 Å². The van der Waals surface area contributed by atoms with E-state index in [0.29, 0.717) is 0 Å². The molecular formula is C14H18O3. The van der Waals surface area contributed by atoms with Crippen LogP contribution in [0, 0.1) is 0 Å². The molecule has 0 bridgehead atoms. The van der Waals surface area contributed by atoms with E-state index in [1.54, 1.807) is 6.08 Å². The molecule has 0 N–H and O–H groups in total. The quantitative estimate of drug-likeness (QED) is 0.580. The fourth-order valence-corrected chi connectivity index (χ4v) is 1.24. The molecule has 1 rings (SSSR count). The molecule has 0 aromatic heterocycles.